The van der Waals surface area contributed by atoms with Gasteiger partial charge in [-0.1, -0.05) is 6.07 Å². The van der Waals surface area contributed by atoms with Crippen LogP contribution in [0.2, 0.25) is 0 Å². The van der Waals surface area contributed by atoms with Crippen LogP contribution >= 0.6 is 0 Å². The van der Waals surface area contributed by atoms with Crippen LogP contribution in [0.15, 0.2) is 54.9 Å². The number of aryl methyl sites for hydroxylation is 2. The predicted octanol–water partition coefficient (Wildman–Crippen LogP) is 6.27. The van der Waals surface area contributed by atoms with E-state index in [4.69, 9.17) is 4.74 Å². The van der Waals surface area contributed by atoms with Crippen LogP contribution < -0.4 is 14.5 Å². The largest absolute Gasteiger partial charge is 0.481 e. The zero-order chi connectivity index (χ0) is 30.5. The van der Waals surface area contributed by atoms with E-state index in [2.05, 4.69) is 14.9 Å². The van der Waals surface area contributed by atoms with E-state index < -0.39 is 24.8 Å². The number of hydrogen-bond donors (Lipinski definition) is 1. The van der Waals surface area contributed by atoms with Gasteiger partial charge in [0.05, 0.1) is 25.1 Å². The highest BCUT2D eigenvalue weighted by molar-refractivity contribution is 6.09. The summed E-state index contributed by atoms with van der Waals surface area (Å²) in [5.41, 5.74) is 3.87. The monoisotopic (exact) mass is 592 g/mol. The molecular formula is C33H38F2N4O4. The summed E-state index contributed by atoms with van der Waals surface area (Å²) in [4.78, 5) is 36.9. The van der Waals surface area contributed by atoms with Gasteiger partial charge in [-0.2, -0.15) is 0 Å². The molecule has 1 atom stereocenters. The number of amides is 1. The van der Waals surface area contributed by atoms with Crippen molar-refractivity contribution in [3.05, 3.63) is 77.1 Å². The fourth-order valence-corrected chi connectivity index (χ4v) is 5.84. The number of benzene rings is 1. The van der Waals surface area contributed by atoms with Crippen LogP contribution in [0, 0.1) is 25.7 Å². The SMILES string of the molecule is Cc1ccnc(N(CC(F)F)C(=O)c2ccc(C)cc2N2CCC(COc3cc(C(CC(=O)O)C4CC4)ccn3)CC2)c1. The molecule has 0 spiro atoms. The van der Waals surface area contributed by atoms with E-state index in [-0.39, 0.29) is 24.1 Å². The Morgan fingerprint density at radius 2 is 1.72 bits per heavy atom. The predicted molar refractivity (Wildman–Crippen MR) is 160 cm³/mol. The number of halogens is 2. The molecule has 2 aromatic heterocycles. The molecule has 2 aliphatic rings. The van der Waals surface area contributed by atoms with E-state index in [0.29, 0.717) is 37.1 Å². The first-order valence-electron chi connectivity index (χ1n) is 14.9. The Hall–Kier alpha value is -4.08. The van der Waals surface area contributed by atoms with Gasteiger partial charge in [0, 0.05) is 37.2 Å². The van der Waals surface area contributed by atoms with Crippen LogP contribution in [0.3, 0.4) is 0 Å². The number of pyridine rings is 2. The van der Waals surface area contributed by atoms with E-state index >= 15 is 0 Å². The lowest BCUT2D eigenvalue weighted by molar-refractivity contribution is -0.137. The minimum absolute atomic E-state index is 0.0179. The third kappa shape index (κ3) is 7.86. The lowest BCUT2D eigenvalue weighted by atomic mass is 9.92. The zero-order valence-electron chi connectivity index (χ0n) is 24.6. The summed E-state index contributed by atoms with van der Waals surface area (Å²) in [6, 6.07) is 12.6. The average Bonchev–Trinajstić information content (AvgIpc) is 3.83. The molecule has 1 aliphatic heterocycles. The molecule has 1 amide bonds. The van der Waals surface area contributed by atoms with Crippen LogP contribution in [0.4, 0.5) is 20.3 Å². The maximum atomic E-state index is 13.7. The molecule has 1 N–H and O–H groups in total. The van der Waals surface area contributed by atoms with E-state index in [1.54, 1.807) is 24.4 Å². The number of alkyl halides is 2. The van der Waals surface area contributed by atoms with Crippen LogP contribution in [0.25, 0.3) is 0 Å². The van der Waals surface area contributed by atoms with Gasteiger partial charge in [0.1, 0.15) is 5.82 Å². The maximum absolute atomic E-state index is 13.7. The summed E-state index contributed by atoms with van der Waals surface area (Å²) < 4.78 is 33.2. The first-order valence-corrected chi connectivity index (χ1v) is 14.9. The fraction of sp³-hybridized carbons (Fsp3) is 0.455. The number of rotatable bonds is 12. The van der Waals surface area contributed by atoms with Crippen molar-refractivity contribution in [2.45, 2.75) is 58.3 Å². The molecule has 0 bridgehead atoms. The zero-order valence-corrected chi connectivity index (χ0v) is 24.6. The third-order valence-electron chi connectivity index (χ3n) is 8.32. The number of aromatic nitrogens is 2. The first kappa shape index (κ1) is 30.4. The molecule has 1 aromatic carbocycles. The van der Waals surface area contributed by atoms with Crippen molar-refractivity contribution in [2.24, 2.45) is 11.8 Å². The van der Waals surface area contributed by atoms with Gasteiger partial charge in [-0.3, -0.25) is 14.5 Å². The van der Waals surface area contributed by atoms with Crippen molar-refractivity contribution in [3.63, 3.8) is 0 Å². The Morgan fingerprint density at radius 3 is 2.40 bits per heavy atom. The van der Waals surface area contributed by atoms with Gasteiger partial charge in [-0.05, 0) is 104 Å². The van der Waals surface area contributed by atoms with Gasteiger partial charge >= 0.3 is 5.97 Å². The third-order valence-corrected chi connectivity index (χ3v) is 8.32. The Bertz CT molecular complexity index is 1440. The van der Waals surface area contributed by atoms with Crippen LogP contribution in [0.5, 0.6) is 5.88 Å². The summed E-state index contributed by atoms with van der Waals surface area (Å²) in [5.74, 6) is 0.0753. The topological polar surface area (TPSA) is 95.9 Å². The van der Waals surface area contributed by atoms with Gasteiger partial charge in [0.15, 0.2) is 0 Å². The normalized spacial score (nSPS) is 16.3. The first-order chi connectivity index (χ1) is 20.7. The Labute approximate surface area is 250 Å². The van der Waals surface area contributed by atoms with Crippen LogP contribution in [-0.4, -0.2) is 59.6 Å². The minimum Gasteiger partial charge on any atom is -0.481 e. The molecule has 1 saturated carbocycles. The van der Waals surface area contributed by atoms with Gasteiger partial charge in [-0.15, -0.1) is 0 Å². The molecular weight excluding hydrogens is 554 g/mol. The van der Waals surface area contributed by atoms with E-state index in [0.717, 1.165) is 53.0 Å². The Morgan fingerprint density at radius 1 is 1.00 bits per heavy atom. The average molecular weight is 593 g/mol. The molecule has 1 saturated heterocycles. The molecule has 5 rings (SSSR count). The van der Waals surface area contributed by atoms with Crippen molar-refractivity contribution < 1.29 is 28.2 Å². The maximum Gasteiger partial charge on any atom is 0.303 e. The van der Waals surface area contributed by atoms with Crippen molar-refractivity contribution >= 4 is 23.4 Å². The number of carboxylic acid groups (broad SMARTS) is 1. The van der Waals surface area contributed by atoms with Gasteiger partial charge in [0.2, 0.25) is 5.88 Å². The second-order valence-electron chi connectivity index (χ2n) is 11.7. The molecule has 228 valence electrons. The highest BCUT2D eigenvalue weighted by atomic mass is 19.3. The van der Waals surface area contributed by atoms with Gasteiger partial charge in [-0.25, -0.2) is 18.7 Å². The second-order valence-corrected chi connectivity index (χ2v) is 11.7. The van der Waals surface area contributed by atoms with Crippen LogP contribution in [-0.2, 0) is 4.79 Å². The van der Waals surface area contributed by atoms with Crippen molar-refractivity contribution in [1.82, 2.24) is 9.97 Å². The molecule has 0 radical (unpaired) electrons. The number of hydrogen-bond acceptors (Lipinski definition) is 6. The van der Waals surface area contributed by atoms with Gasteiger partial charge in [0.25, 0.3) is 12.3 Å². The number of nitrogens with zero attached hydrogens (tertiary/aromatic N) is 4. The molecule has 2 fully saturated rings. The summed E-state index contributed by atoms with van der Waals surface area (Å²) in [6.45, 7) is 4.89. The Kier molecular flexibility index (Phi) is 9.52. The number of ether oxygens (including phenoxy) is 1. The lowest BCUT2D eigenvalue weighted by Gasteiger charge is -2.35. The minimum atomic E-state index is -2.71. The lowest BCUT2D eigenvalue weighted by Crippen LogP contribution is -2.39. The number of carbonyl (C=O) groups excluding carboxylic acids is 1. The molecule has 10 heteroatoms. The summed E-state index contributed by atoms with van der Waals surface area (Å²) in [6.07, 6.45) is 4.36. The molecule has 8 nitrogen and oxygen atoms in total. The molecule has 3 heterocycles. The summed E-state index contributed by atoms with van der Waals surface area (Å²) >= 11 is 0. The van der Waals surface area contributed by atoms with Crippen molar-refractivity contribution in [3.8, 4) is 5.88 Å². The van der Waals surface area contributed by atoms with Crippen molar-refractivity contribution in [2.75, 3.05) is 36.0 Å². The summed E-state index contributed by atoms with van der Waals surface area (Å²) in [5, 5.41) is 9.35. The highest BCUT2D eigenvalue weighted by Crippen LogP contribution is 2.45. The summed E-state index contributed by atoms with van der Waals surface area (Å²) in [7, 11) is 0. The standard InChI is InChI=1S/C33H38F2N4O4/c1-21-3-6-26(33(42)39(19-29(34)35)30-16-22(2)7-11-36-30)28(15-21)38-13-9-23(10-14-38)20-43-31-17-25(8-12-37-31)27(18-32(40)41)24-4-5-24/h3,6-8,11-12,15-17,23-24,27,29H,4-5,9-10,13-14,18-20H2,1-2H3,(H,40,41). The van der Waals surface area contributed by atoms with Crippen molar-refractivity contribution in [1.29, 1.82) is 0 Å². The smallest absolute Gasteiger partial charge is 0.303 e. The quantitative estimate of drug-likeness (QED) is 0.265. The fourth-order valence-electron chi connectivity index (χ4n) is 5.84. The number of carbonyl (C=O) groups is 2. The number of carboxylic acids is 1. The molecule has 1 unspecified atom stereocenters. The molecule has 1 aliphatic carbocycles. The number of aliphatic carboxylic acids is 1. The van der Waals surface area contributed by atoms with Crippen LogP contribution in [0.1, 0.15) is 65.1 Å². The van der Waals surface area contributed by atoms with E-state index in [1.807, 2.05) is 38.1 Å². The Balaban J connectivity index is 1.24. The van der Waals surface area contributed by atoms with E-state index in [1.165, 1.54) is 6.20 Å². The molecule has 43 heavy (non-hydrogen) atoms. The highest BCUT2D eigenvalue weighted by Gasteiger charge is 2.34. The van der Waals surface area contributed by atoms with Gasteiger partial charge < -0.3 is 14.7 Å². The number of anilines is 2. The number of piperidine rings is 1. The second kappa shape index (κ2) is 13.5. The molecule has 3 aromatic rings. The van der Waals surface area contributed by atoms with E-state index in [9.17, 15) is 23.5 Å².